The van der Waals surface area contributed by atoms with Crippen LogP contribution >= 0.6 is 0 Å². The molecule has 3 unspecified atom stereocenters. The minimum atomic E-state index is -1.54. The molecule has 0 aromatic heterocycles. The number of carbonyl (C=O) groups excluding carboxylic acids is 3. The Morgan fingerprint density at radius 1 is 1.11 bits per heavy atom. The lowest BCUT2D eigenvalue weighted by Crippen LogP contribution is -2.72. The van der Waals surface area contributed by atoms with Crippen LogP contribution in [-0.2, 0) is 25.5 Å². The molecule has 1 spiro atoms. The van der Waals surface area contributed by atoms with E-state index in [0.717, 1.165) is 24.0 Å². The highest BCUT2D eigenvalue weighted by Gasteiger charge is 2.81. The fraction of sp³-hybridized carbons (Fsp3) is 0.553. The molecule has 3 aliphatic heterocycles. The Balaban J connectivity index is 1.51. The van der Waals surface area contributed by atoms with E-state index in [2.05, 4.69) is 19.6 Å². The fourth-order valence-corrected chi connectivity index (χ4v) is 9.68. The standard InChI is InChI=1S/C38H44O8/c1-19(2)9-10-24-32-28(25-17-36(8,44-32)13-12-23(25)20(3)4)31(41)29-30(40)26-15-22-16-27-35(6,7)46-37(34(22)42,14-11-21(5)43-18-39)38(26,27)45-33(24)29/h9,11,15,18,22-23,25,27,41H,3,10,12-14,16-17H2,1-2,4-8H3/t22-,23+,25?,27?,36+,37?,38-/m1/s1. The molecule has 1 saturated heterocycles. The van der Waals surface area contributed by atoms with E-state index >= 15 is 0 Å². The zero-order valence-corrected chi connectivity index (χ0v) is 27.9. The fourth-order valence-electron chi connectivity index (χ4n) is 9.68. The number of ether oxygens (including phenoxy) is 4. The van der Waals surface area contributed by atoms with Crippen LogP contribution in [-0.4, -0.2) is 45.5 Å². The highest BCUT2D eigenvalue weighted by molar-refractivity contribution is 6.18. The second-order valence-electron chi connectivity index (χ2n) is 15.4. The second-order valence-corrected chi connectivity index (χ2v) is 15.4. The number of benzene rings is 1. The molecule has 0 amide bonds. The van der Waals surface area contributed by atoms with Crippen molar-refractivity contribution in [2.24, 2.45) is 17.8 Å². The van der Waals surface area contributed by atoms with Gasteiger partial charge in [0.25, 0.3) is 6.47 Å². The van der Waals surface area contributed by atoms with Crippen LogP contribution in [0.4, 0.5) is 0 Å². The van der Waals surface area contributed by atoms with Crippen LogP contribution < -0.4 is 9.47 Å². The Morgan fingerprint density at radius 2 is 1.85 bits per heavy atom. The normalized spacial score (nSPS) is 36.0. The number of carbonyl (C=O) groups is 3. The molecule has 46 heavy (non-hydrogen) atoms. The van der Waals surface area contributed by atoms with E-state index in [-0.39, 0.29) is 52.8 Å². The van der Waals surface area contributed by atoms with E-state index in [4.69, 9.17) is 18.9 Å². The lowest BCUT2D eigenvalue weighted by molar-refractivity contribution is -0.171. The molecular weight excluding hydrogens is 584 g/mol. The zero-order chi connectivity index (χ0) is 33.1. The number of hydrogen-bond donors (Lipinski definition) is 1. The number of ketones is 2. The van der Waals surface area contributed by atoms with Crippen LogP contribution in [0, 0.1) is 17.8 Å². The predicted molar refractivity (Wildman–Crippen MR) is 171 cm³/mol. The van der Waals surface area contributed by atoms with Crippen molar-refractivity contribution < 1.29 is 38.4 Å². The summed E-state index contributed by atoms with van der Waals surface area (Å²) in [4.78, 5) is 40.4. The topological polar surface area (TPSA) is 108 Å². The van der Waals surface area contributed by atoms with Gasteiger partial charge in [0.1, 0.15) is 34.2 Å². The summed E-state index contributed by atoms with van der Waals surface area (Å²) >= 11 is 0. The van der Waals surface area contributed by atoms with E-state index in [1.807, 2.05) is 34.6 Å². The van der Waals surface area contributed by atoms with Crippen LogP contribution in [0.3, 0.4) is 0 Å². The van der Waals surface area contributed by atoms with Crippen LogP contribution in [0.2, 0.25) is 0 Å². The molecule has 1 aromatic rings. The molecular formula is C38H44O8. The number of allylic oxidation sites excluding steroid dienone is 5. The number of phenolic OH excluding ortho intramolecular Hbond substituents is 1. The van der Waals surface area contributed by atoms with Gasteiger partial charge in [-0.1, -0.05) is 29.9 Å². The Labute approximate surface area is 270 Å². The summed E-state index contributed by atoms with van der Waals surface area (Å²) in [6.07, 6.45) is 8.89. The minimum Gasteiger partial charge on any atom is -0.507 e. The van der Waals surface area contributed by atoms with Crippen LogP contribution in [0.25, 0.3) is 0 Å². The lowest BCUT2D eigenvalue weighted by Gasteiger charge is -2.56. The summed E-state index contributed by atoms with van der Waals surface area (Å²) in [5, 5.41) is 12.2. The van der Waals surface area contributed by atoms with Crippen molar-refractivity contribution >= 4 is 18.0 Å². The van der Waals surface area contributed by atoms with Crippen molar-refractivity contribution in [3.05, 3.63) is 64.0 Å². The molecule has 7 atom stereocenters. The quantitative estimate of drug-likeness (QED) is 0.196. The first-order chi connectivity index (χ1) is 21.6. The number of Topliss-reactive ketones (excluding diaryl/α,β-unsaturated/α-hetero) is 2. The van der Waals surface area contributed by atoms with Crippen LogP contribution in [0.15, 0.2) is 47.3 Å². The van der Waals surface area contributed by atoms with E-state index < -0.39 is 28.3 Å². The highest BCUT2D eigenvalue weighted by atomic mass is 16.6. The maximum Gasteiger partial charge on any atom is 0.298 e. The molecule has 3 fully saturated rings. The van der Waals surface area contributed by atoms with Crippen molar-refractivity contribution in [2.45, 2.75) is 115 Å². The van der Waals surface area contributed by atoms with E-state index in [9.17, 15) is 19.5 Å². The number of fused-ring (bicyclic) bond motifs is 5. The third kappa shape index (κ3) is 3.91. The predicted octanol–water partition coefficient (Wildman–Crippen LogP) is 6.99. The first kappa shape index (κ1) is 31.0. The zero-order valence-electron chi connectivity index (χ0n) is 27.9. The molecule has 8 nitrogen and oxygen atoms in total. The molecule has 7 aliphatic rings. The van der Waals surface area contributed by atoms with Gasteiger partial charge in [-0.15, -0.1) is 0 Å². The Kier molecular flexibility index (Phi) is 6.68. The first-order valence-corrected chi connectivity index (χ1v) is 16.5. The van der Waals surface area contributed by atoms with Gasteiger partial charge in [-0.3, -0.25) is 14.4 Å². The van der Waals surface area contributed by atoms with Crippen LogP contribution in [0.5, 0.6) is 17.2 Å². The highest BCUT2D eigenvalue weighted by Crippen LogP contribution is 2.69. The summed E-state index contributed by atoms with van der Waals surface area (Å²) in [6.45, 7) is 18.4. The van der Waals surface area contributed by atoms with Gasteiger partial charge in [0.15, 0.2) is 22.8 Å². The van der Waals surface area contributed by atoms with Gasteiger partial charge in [0.2, 0.25) is 0 Å². The number of aromatic hydroxyl groups is 1. The van der Waals surface area contributed by atoms with Gasteiger partial charge in [-0.2, -0.15) is 0 Å². The minimum absolute atomic E-state index is 0.0546. The average Bonchev–Trinajstić information content (AvgIpc) is 3.12. The van der Waals surface area contributed by atoms with Crippen molar-refractivity contribution in [1.29, 1.82) is 0 Å². The molecule has 8 rings (SSSR count). The maximum absolute atomic E-state index is 15.0. The Morgan fingerprint density at radius 3 is 2.52 bits per heavy atom. The van der Waals surface area contributed by atoms with Crippen molar-refractivity contribution in [1.82, 2.24) is 0 Å². The van der Waals surface area contributed by atoms with E-state index in [0.29, 0.717) is 53.9 Å². The van der Waals surface area contributed by atoms with Gasteiger partial charge in [-0.25, -0.2) is 0 Å². The van der Waals surface area contributed by atoms with Crippen LogP contribution in [0.1, 0.15) is 108 Å². The Bertz CT molecular complexity index is 1700. The molecule has 6 bridgehead atoms. The van der Waals surface area contributed by atoms with E-state index in [1.165, 1.54) is 0 Å². The third-order valence-corrected chi connectivity index (χ3v) is 11.7. The first-order valence-electron chi connectivity index (χ1n) is 16.5. The molecule has 244 valence electrons. The van der Waals surface area contributed by atoms with Crippen molar-refractivity contribution in [3.8, 4) is 17.2 Å². The van der Waals surface area contributed by atoms with Gasteiger partial charge in [-0.05, 0) is 92.6 Å². The molecule has 8 heteroatoms. The third-order valence-electron chi connectivity index (χ3n) is 11.7. The lowest BCUT2D eigenvalue weighted by atomic mass is 9.51. The van der Waals surface area contributed by atoms with Crippen molar-refractivity contribution in [3.63, 3.8) is 0 Å². The molecule has 4 aliphatic carbocycles. The molecule has 0 radical (unpaired) electrons. The SMILES string of the molecule is C=C(C)[C@@H]1CC[C@@]2(C)CC1c1c(O)c3c(c(CC=C(C)C)c1O2)O[C@]12C(=C[C@@H]4CC1C(C)(C)OC2(CC=C(C)OC=O)C4=O)C3=O. The molecule has 1 aromatic carbocycles. The Hall–Kier alpha value is -3.65. The number of phenols is 1. The summed E-state index contributed by atoms with van der Waals surface area (Å²) in [7, 11) is 0. The summed E-state index contributed by atoms with van der Waals surface area (Å²) in [5.74, 6) is -0.231. The average molecular weight is 629 g/mol. The van der Waals surface area contributed by atoms with Gasteiger partial charge in [0.05, 0.1) is 5.60 Å². The van der Waals surface area contributed by atoms with E-state index in [1.54, 1.807) is 19.1 Å². The summed E-state index contributed by atoms with van der Waals surface area (Å²) in [5.41, 5.74) is -0.259. The molecule has 2 saturated carbocycles. The number of hydrogen-bond acceptors (Lipinski definition) is 8. The van der Waals surface area contributed by atoms with Gasteiger partial charge < -0.3 is 24.1 Å². The summed E-state index contributed by atoms with van der Waals surface area (Å²) < 4.78 is 26.0. The largest absolute Gasteiger partial charge is 0.507 e. The molecule has 1 N–H and O–H groups in total. The summed E-state index contributed by atoms with van der Waals surface area (Å²) in [6, 6.07) is 0. The maximum atomic E-state index is 15.0. The smallest absolute Gasteiger partial charge is 0.298 e. The van der Waals surface area contributed by atoms with Gasteiger partial charge in [0, 0.05) is 40.9 Å². The van der Waals surface area contributed by atoms with Crippen molar-refractivity contribution in [2.75, 3.05) is 0 Å². The number of rotatable bonds is 7. The molecule has 3 heterocycles. The van der Waals surface area contributed by atoms with Gasteiger partial charge >= 0.3 is 0 Å². The second kappa shape index (κ2) is 9.93. The monoisotopic (exact) mass is 628 g/mol.